The molecule has 0 bridgehead atoms. The van der Waals surface area contributed by atoms with Crippen molar-refractivity contribution in [3.05, 3.63) is 121 Å². The second-order valence-corrected chi connectivity index (χ2v) is 13.8. The Kier molecular flexibility index (Phi) is 7.82. The predicted octanol–water partition coefficient (Wildman–Crippen LogP) is 7.21. The molecule has 37 heavy (non-hydrogen) atoms. The van der Waals surface area contributed by atoms with Gasteiger partial charge in [-0.3, -0.25) is 0 Å². The summed E-state index contributed by atoms with van der Waals surface area (Å²) in [6.45, 7) is 0. The lowest BCUT2D eigenvalue weighted by Crippen LogP contribution is -2.41. The average molecular weight is 525 g/mol. The van der Waals surface area contributed by atoms with Crippen molar-refractivity contribution in [1.29, 1.82) is 0 Å². The third-order valence-electron chi connectivity index (χ3n) is 7.93. The number of hydrogen-bond acceptors (Lipinski definition) is 2. The quantitative estimate of drug-likeness (QED) is 0.227. The molecule has 0 amide bonds. The van der Waals surface area contributed by atoms with Crippen LogP contribution in [0.5, 0.6) is 0 Å². The van der Waals surface area contributed by atoms with Crippen molar-refractivity contribution in [2.75, 3.05) is 0 Å². The fourth-order valence-electron chi connectivity index (χ4n) is 6.15. The van der Waals surface area contributed by atoms with Gasteiger partial charge >= 0.3 is 0 Å². The summed E-state index contributed by atoms with van der Waals surface area (Å²) >= 11 is 0. The lowest BCUT2D eigenvalue weighted by atomic mass is 9.80. The highest BCUT2D eigenvalue weighted by Crippen LogP contribution is 2.58. The van der Waals surface area contributed by atoms with Crippen molar-refractivity contribution in [2.45, 2.75) is 50.7 Å². The lowest BCUT2D eigenvalue weighted by Gasteiger charge is -2.40. The Balaban J connectivity index is 1.31. The van der Waals surface area contributed by atoms with Gasteiger partial charge in [0.2, 0.25) is 0 Å². The van der Waals surface area contributed by atoms with E-state index in [0.29, 0.717) is 0 Å². The SMILES string of the molecule is c1ccc(P(O[C@H]2CCCC23CCC[C@@H]3OP(c2ccccc2)c2ccccc2)c2ccccc2)cc1. The van der Waals surface area contributed by atoms with Crippen LogP contribution in [0, 0.1) is 5.41 Å². The molecule has 2 aliphatic rings. The summed E-state index contributed by atoms with van der Waals surface area (Å²) in [4.78, 5) is 0. The van der Waals surface area contributed by atoms with Crippen LogP contribution in [0.2, 0.25) is 0 Å². The van der Waals surface area contributed by atoms with Gasteiger partial charge in [-0.15, -0.1) is 0 Å². The highest BCUT2D eigenvalue weighted by molar-refractivity contribution is 7.68. The van der Waals surface area contributed by atoms with E-state index in [0.717, 1.165) is 12.8 Å². The largest absolute Gasteiger partial charge is 0.346 e. The monoisotopic (exact) mass is 524 g/mol. The zero-order chi connectivity index (χ0) is 24.9. The molecule has 0 aromatic heterocycles. The second kappa shape index (κ2) is 11.6. The maximum absolute atomic E-state index is 7.24. The molecule has 0 heterocycles. The summed E-state index contributed by atoms with van der Waals surface area (Å²) in [5, 5.41) is 5.16. The molecule has 6 rings (SSSR count). The van der Waals surface area contributed by atoms with Crippen molar-refractivity contribution in [3.8, 4) is 0 Å². The van der Waals surface area contributed by atoms with Gasteiger partial charge in [-0.25, -0.2) is 0 Å². The minimum atomic E-state index is -0.881. The van der Waals surface area contributed by atoms with E-state index >= 15 is 0 Å². The first kappa shape index (κ1) is 25.0. The van der Waals surface area contributed by atoms with Crippen LogP contribution in [0.3, 0.4) is 0 Å². The van der Waals surface area contributed by atoms with Gasteiger partial charge in [-0.05, 0) is 25.7 Å². The molecule has 188 valence electrons. The van der Waals surface area contributed by atoms with Crippen LogP contribution in [0.4, 0.5) is 0 Å². The topological polar surface area (TPSA) is 18.5 Å². The van der Waals surface area contributed by atoms with Gasteiger partial charge in [0.05, 0.1) is 28.5 Å². The molecule has 2 atom stereocenters. The van der Waals surface area contributed by atoms with Crippen LogP contribution in [-0.4, -0.2) is 12.2 Å². The highest BCUT2D eigenvalue weighted by atomic mass is 31.1. The molecule has 2 saturated carbocycles. The summed E-state index contributed by atoms with van der Waals surface area (Å²) in [5.41, 5.74) is 0.0916. The third-order valence-corrected chi connectivity index (χ3v) is 11.9. The van der Waals surface area contributed by atoms with Crippen molar-refractivity contribution >= 4 is 37.5 Å². The van der Waals surface area contributed by atoms with Gasteiger partial charge in [0, 0.05) is 26.6 Å². The molecule has 4 heteroatoms. The van der Waals surface area contributed by atoms with Crippen LogP contribution in [0.25, 0.3) is 0 Å². The number of rotatable bonds is 8. The van der Waals surface area contributed by atoms with Crippen LogP contribution < -0.4 is 21.2 Å². The minimum absolute atomic E-state index is 0.0916. The molecule has 4 aromatic rings. The molecule has 0 N–H and O–H groups in total. The van der Waals surface area contributed by atoms with Gasteiger partial charge < -0.3 is 9.05 Å². The fraction of sp³-hybridized carbons (Fsp3) is 0.273. The van der Waals surface area contributed by atoms with E-state index in [2.05, 4.69) is 121 Å². The van der Waals surface area contributed by atoms with Crippen LogP contribution in [0.15, 0.2) is 121 Å². The molecular weight excluding hydrogens is 490 g/mol. The lowest BCUT2D eigenvalue weighted by molar-refractivity contribution is 0.00841. The van der Waals surface area contributed by atoms with E-state index < -0.39 is 16.3 Å². The van der Waals surface area contributed by atoms with E-state index in [4.69, 9.17) is 9.05 Å². The molecule has 0 unspecified atom stereocenters. The molecule has 0 saturated heterocycles. The zero-order valence-electron chi connectivity index (χ0n) is 21.2. The van der Waals surface area contributed by atoms with E-state index in [1.165, 1.54) is 46.9 Å². The Labute approximate surface area is 223 Å². The summed E-state index contributed by atoms with van der Waals surface area (Å²) in [6.07, 6.45) is 7.49. The number of hydrogen-bond donors (Lipinski definition) is 0. The molecule has 2 aliphatic carbocycles. The van der Waals surface area contributed by atoms with E-state index in [9.17, 15) is 0 Å². The number of benzene rings is 4. The maximum atomic E-state index is 7.24. The van der Waals surface area contributed by atoms with E-state index in [1.807, 2.05) is 0 Å². The maximum Gasteiger partial charge on any atom is 0.0921 e. The smallest absolute Gasteiger partial charge is 0.0921 e. The summed E-state index contributed by atoms with van der Waals surface area (Å²) in [6, 6.07) is 43.3. The van der Waals surface area contributed by atoms with Crippen LogP contribution in [-0.2, 0) is 9.05 Å². The molecule has 0 radical (unpaired) electrons. The van der Waals surface area contributed by atoms with Gasteiger partial charge in [0.25, 0.3) is 0 Å². The molecular formula is C33H34O2P2. The first-order valence-corrected chi connectivity index (χ1v) is 16.0. The average Bonchev–Trinajstić information content (AvgIpc) is 3.58. The van der Waals surface area contributed by atoms with Crippen molar-refractivity contribution in [2.24, 2.45) is 5.41 Å². The van der Waals surface area contributed by atoms with Gasteiger partial charge in [-0.2, -0.15) is 0 Å². The van der Waals surface area contributed by atoms with Crippen LogP contribution >= 0.6 is 16.3 Å². The third kappa shape index (κ3) is 5.32. The molecule has 0 aliphatic heterocycles. The molecule has 1 spiro atoms. The summed E-state index contributed by atoms with van der Waals surface area (Å²) in [7, 11) is -1.76. The summed E-state index contributed by atoms with van der Waals surface area (Å²) in [5.74, 6) is 0. The Morgan fingerprint density at radius 3 is 1.05 bits per heavy atom. The fourth-order valence-corrected chi connectivity index (χ4v) is 10.1. The van der Waals surface area contributed by atoms with E-state index in [1.54, 1.807) is 0 Å². The van der Waals surface area contributed by atoms with Crippen LogP contribution in [0.1, 0.15) is 38.5 Å². The standard InChI is InChI=1S/C33H34O2P2/c1-5-15-27(16-6-1)36(28-17-7-2-8-18-28)34-31-23-13-25-33(31)26-14-24-32(33)35-37(29-19-9-3-10-20-29)30-21-11-4-12-22-30/h1-12,15-22,31-32H,13-14,23-26H2/t31-,32-,33?/m0/s1. The Morgan fingerprint density at radius 2 is 0.757 bits per heavy atom. The Bertz CT molecular complexity index is 1070. The van der Waals surface area contributed by atoms with Crippen molar-refractivity contribution in [3.63, 3.8) is 0 Å². The molecule has 2 nitrogen and oxygen atoms in total. The molecule has 4 aromatic carbocycles. The van der Waals surface area contributed by atoms with E-state index in [-0.39, 0.29) is 17.6 Å². The first-order chi connectivity index (χ1) is 18.3. The van der Waals surface area contributed by atoms with Gasteiger partial charge in [0.15, 0.2) is 0 Å². The predicted molar refractivity (Wildman–Crippen MR) is 158 cm³/mol. The summed E-state index contributed by atoms with van der Waals surface area (Å²) < 4.78 is 14.5. The Hall–Kier alpha value is -2.34. The Morgan fingerprint density at radius 1 is 0.459 bits per heavy atom. The second-order valence-electron chi connectivity index (χ2n) is 10.1. The first-order valence-electron chi connectivity index (χ1n) is 13.5. The van der Waals surface area contributed by atoms with Crippen molar-refractivity contribution in [1.82, 2.24) is 0 Å². The van der Waals surface area contributed by atoms with Gasteiger partial charge in [0.1, 0.15) is 0 Å². The zero-order valence-corrected chi connectivity index (χ0v) is 22.9. The molecule has 2 fully saturated rings. The normalized spacial score (nSPS) is 20.7. The highest BCUT2D eigenvalue weighted by Gasteiger charge is 2.54. The minimum Gasteiger partial charge on any atom is -0.346 e. The van der Waals surface area contributed by atoms with Gasteiger partial charge in [-0.1, -0.05) is 134 Å². The van der Waals surface area contributed by atoms with Crippen molar-refractivity contribution < 1.29 is 9.05 Å².